The number of methoxy groups -OCH3 is 1. The minimum atomic E-state index is -0.122. The summed E-state index contributed by atoms with van der Waals surface area (Å²) in [7, 11) is 1.64. The molecule has 94 valence electrons. The number of ether oxygens (including phenoxy) is 3. The van der Waals surface area contributed by atoms with Crippen LogP contribution in [-0.2, 0) is 4.74 Å². The van der Waals surface area contributed by atoms with Crippen molar-refractivity contribution in [2.45, 2.75) is 25.5 Å². The molecule has 1 saturated heterocycles. The fraction of sp³-hybridized carbons (Fsp3) is 0.538. The quantitative estimate of drug-likeness (QED) is 0.868. The Balaban J connectivity index is 2.25. The predicted octanol–water partition coefficient (Wildman–Crippen LogP) is 1.88. The highest BCUT2D eigenvalue weighted by molar-refractivity contribution is 5.46. The van der Waals surface area contributed by atoms with Crippen molar-refractivity contribution in [1.82, 2.24) is 0 Å². The third kappa shape index (κ3) is 2.70. The lowest BCUT2D eigenvalue weighted by atomic mass is 10.1. The first-order valence-corrected chi connectivity index (χ1v) is 5.89. The molecule has 1 heterocycles. The topological polar surface area (TPSA) is 53.7 Å². The molecule has 1 fully saturated rings. The third-order valence-electron chi connectivity index (χ3n) is 2.88. The molecule has 0 amide bonds. The summed E-state index contributed by atoms with van der Waals surface area (Å²) in [6.45, 7) is 3.34. The maximum absolute atomic E-state index is 5.97. The molecule has 0 bridgehead atoms. The maximum atomic E-state index is 5.97. The molecule has 1 aliphatic rings. The summed E-state index contributed by atoms with van der Waals surface area (Å²) in [6, 6.07) is 5.62. The first-order chi connectivity index (χ1) is 8.22. The van der Waals surface area contributed by atoms with Gasteiger partial charge in [-0.25, -0.2) is 0 Å². The lowest BCUT2D eigenvalue weighted by Gasteiger charge is -2.19. The molecular weight excluding hydrogens is 218 g/mol. The number of benzene rings is 1. The molecule has 2 N–H and O–H groups in total. The first kappa shape index (κ1) is 12.2. The molecule has 0 aliphatic carbocycles. The summed E-state index contributed by atoms with van der Waals surface area (Å²) in [4.78, 5) is 0. The zero-order chi connectivity index (χ0) is 12.3. The van der Waals surface area contributed by atoms with Gasteiger partial charge in [-0.1, -0.05) is 6.07 Å². The molecule has 1 aromatic rings. The van der Waals surface area contributed by atoms with Gasteiger partial charge in [-0.2, -0.15) is 0 Å². The Bertz CT molecular complexity index is 373. The second-order valence-corrected chi connectivity index (χ2v) is 4.26. The summed E-state index contributed by atoms with van der Waals surface area (Å²) >= 11 is 0. The Morgan fingerprint density at radius 3 is 2.76 bits per heavy atom. The van der Waals surface area contributed by atoms with Crippen LogP contribution < -0.4 is 15.2 Å². The molecule has 1 aliphatic heterocycles. The molecule has 2 rings (SSSR count). The Morgan fingerprint density at radius 2 is 2.18 bits per heavy atom. The highest BCUT2D eigenvalue weighted by atomic mass is 16.5. The molecule has 0 radical (unpaired) electrons. The second kappa shape index (κ2) is 5.38. The van der Waals surface area contributed by atoms with E-state index in [2.05, 4.69) is 0 Å². The van der Waals surface area contributed by atoms with Crippen LogP contribution in [-0.4, -0.2) is 26.4 Å². The van der Waals surface area contributed by atoms with Crippen LogP contribution in [0.25, 0.3) is 0 Å². The zero-order valence-corrected chi connectivity index (χ0v) is 10.3. The van der Waals surface area contributed by atoms with E-state index < -0.39 is 0 Å². The van der Waals surface area contributed by atoms with E-state index in [1.807, 2.05) is 25.1 Å². The number of hydrogen-bond donors (Lipinski definition) is 1. The van der Waals surface area contributed by atoms with Crippen molar-refractivity contribution >= 4 is 0 Å². The lowest BCUT2D eigenvalue weighted by molar-refractivity contribution is 0.140. The van der Waals surface area contributed by atoms with Crippen molar-refractivity contribution < 1.29 is 14.2 Å². The van der Waals surface area contributed by atoms with E-state index in [0.717, 1.165) is 30.1 Å². The van der Waals surface area contributed by atoms with Gasteiger partial charge in [-0.05, 0) is 19.1 Å². The van der Waals surface area contributed by atoms with Crippen LogP contribution >= 0.6 is 0 Å². The van der Waals surface area contributed by atoms with E-state index in [-0.39, 0.29) is 12.1 Å². The van der Waals surface area contributed by atoms with Crippen LogP contribution in [0.1, 0.15) is 24.9 Å². The highest BCUT2D eigenvalue weighted by Gasteiger charge is 2.21. The van der Waals surface area contributed by atoms with Crippen LogP contribution in [0.3, 0.4) is 0 Å². The average Bonchev–Trinajstić information content (AvgIpc) is 2.81. The van der Waals surface area contributed by atoms with Crippen molar-refractivity contribution in [2.24, 2.45) is 5.73 Å². The Labute approximate surface area is 102 Å². The molecule has 4 nitrogen and oxygen atoms in total. The fourth-order valence-corrected chi connectivity index (χ4v) is 2.04. The van der Waals surface area contributed by atoms with Gasteiger partial charge in [-0.3, -0.25) is 0 Å². The lowest BCUT2D eigenvalue weighted by Crippen LogP contribution is -2.18. The molecule has 1 unspecified atom stereocenters. The van der Waals surface area contributed by atoms with E-state index in [9.17, 15) is 0 Å². The van der Waals surface area contributed by atoms with Gasteiger partial charge in [0.25, 0.3) is 0 Å². The molecule has 0 saturated carbocycles. The summed E-state index contributed by atoms with van der Waals surface area (Å²) < 4.78 is 16.5. The second-order valence-electron chi connectivity index (χ2n) is 4.26. The third-order valence-corrected chi connectivity index (χ3v) is 2.88. The van der Waals surface area contributed by atoms with Crippen LogP contribution in [0.15, 0.2) is 18.2 Å². The predicted molar refractivity (Wildman–Crippen MR) is 65.4 cm³/mol. The van der Waals surface area contributed by atoms with E-state index in [4.69, 9.17) is 19.9 Å². The van der Waals surface area contributed by atoms with Gasteiger partial charge < -0.3 is 19.9 Å². The van der Waals surface area contributed by atoms with Gasteiger partial charge in [0.1, 0.15) is 17.6 Å². The molecule has 0 spiro atoms. The Hall–Kier alpha value is -1.26. The van der Waals surface area contributed by atoms with Gasteiger partial charge in [0.2, 0.25) is 0 Å². The minimum Gasteiger partial charge on any atom is -0.496 e. The van der Waals surface area contributed by atoms with Gasteiger partial charge in [0.15, 0.2) is 0 Å². The SMILES string of the molecule is COc1cccc(OC2CCOC2)c1[C@H](C)N. The van der Waals surface area contributed by atoms with Crippen molar-refractivity contribution in [2.75, 3.05) is 20.3 Å². The van der Waals surface area contributed by atoms with Gasteiger partial charge >= 0.3 is 0 Å². The summed E-state index contributed by atoms with van der Waals surface area (Å²) in [6.07, 6.45) is 1.05. The van der Waals surface area contributed by atoms with Gasteiger partial charge in [0.05, 0.1) is 25.9 Å². The molecule has 1 aromatic carbocycles. The smallest absolute Gasteiger partial charge is 0.128 e. The Morgan fingerprint density at radius 1 is 1.41 bits per heavy atom. The molecular formula is C13H19NO3. The summed E-state index contributed by atoms with van der Waals surface area (Å²) in [5.41, 5.74) is 6.89. The Kier molecular flexibility index (Phi) is 3.86. The molecule has 17 heavy (non-hydrogen) atoms. The van der Waals surface area contributed by atoms with Crippen molar-refractivity contribution in [1.29, 1.82) is 0 Å². The van der Waals surface area contributed by atoms with Gasteiger partial charge in [-0.15, -0.1) is 0 Å². The maximum Gasteiger partial charge on any atom is 0.128 e. The monoisotopic (exact) mass is 237 g/mol. The van der Waals surface area contributed by atoms with Crippen molar-refractivity contribution in [3.05, 3.63) is 23.8 Å². The minimum absolute atomic E-state index is 0.122. The first-order valence-electron chi connectivity index (χ1n) is 5.89. The number of nitrogens with two attached hydrogens (primary N) is 1. The van der Waals surface area contributed by atoms with Crippen molar-refractivity contribution in [3.63, 3.8) is 0 Å². The molecule has 0 aromatic heterocycles. The van der Waals surface area contributed by atoms with Crippen LogP contribution in [0.2, 0.25) is 0 Å². The van der Waals surface area contributed by atoms with Crippen LogP contribution in [0.5, 0.6) is 11.5 Å². The molecule has 4 heteroatoms. The van der Waals surface area contributed by atoms with E-state index >= 15 is 0 Å². The van der Waals surface area contributed by atoms with E-state index in [1.165, 1.54) is 0 Å². The number of rotatable bonds is 4. The normalized spacial score (nSPS) is 21.2. The molecule has 2 atom stereocenters. The van der Waals surface area contributed by atoms with Gasteiger partial charge in [0, 0.05) is 12.5 Å². The zero-order valence-electron chi connectivity index (χ0n) is 10.3. The largest absolute Gasteiger partial charge is 0.496 e. The summed E-state index contributed by atoms with van der Waals surface area (Å²) in [5.74, 6) is 1.58. The standard InChI is InChI=1S/C13H19NO3/c1-9(14)13-11(15-2)4-3-5-12(13)17-10-6-7-16-8-10/h3-5,9-10H,6-8,14H2,1-2H3/t9-,10?/m0/s1. The van der Waals surface area contributed by atoms with E-state index in [1.54, 1.807) is 7.11 Å². The average molecular weight is 237 g/mol. The van der Waals surface area contributed by atoms with E-state index in [0.29, 0.717) is 6.61 Å². The highest BCUT2D eigenvalue weighted by Crippen LogP contribution is 2.34. The van der Waals surface area contributed by atoms with Crippen molar-refractivity contribution in [3.8, 4) is 11.5 Å². The van der Waals surface area contributed by atoms with Crippen LogP contribution in [0.4, 0.5) is 0 Å². The summed E-state index contributed by atoms with van der Waals surface area (Å²) in [5, 5.41) is 0. The number of hydrogen-bond acceptors (Lipinski definition) is 4. The fourth-order valence-electron chi connectivity index (χ4n) is 2.04. The van der Waals surface area contributed by atoms with Crippen LogP contribution in [0, 0.1) is 0 Å².